The molecule has 1 N–H and O–H groups in total. The highest BCUT2D eigenvalue weighted by Gasteiger charge is 2.25. The molecule has 0 aliphatic rings. The molecule has 1 aromatic heterocycles. The average Bonchev–Trinajstić information content (AvgIpc) is 2.38. The van der Waals surface area contributed by atoms with Crippen molar-refractivity contribution in [2.24, 2.45) is 5.92 Å². The van der Waals surface area contributed by atoms with Gasteiger partial charge in [-0.15, -0.1) is 5.10 Å². The Morgan fingerprint density at radius 3 is 2.47 bits per heavy atom. The van der Waals surface area contributed by atoms with Crippen LogP contribution in [0.3, 0.4) is 0 Å². The van der Waals surface area contributed by atoms with Gasteiger partial charge in [-0.3, -0.25) is 0 Å². The fraction of sp³-hybridized carbons (Fsp3) is 0.538. The van der Waals surface area contributed by atoms with Gasteiger partial charge in [-0.1, -0.05) is 13.8 Å². The molecular formula is C13H18N4O2. The molecule has 0 saturated carbocycles. The number of nitriles is 1. The number of ether oxygens (including phenoxy) is 1. The van der Waals surface area contributed by atoms with E-state index in [4.69, 9.17) is 4.74 Å². The van der Waals surface area contributed by atoms with Crippen LogP contribution in [0.4, 0.5) is 5.82 Å². The van der Waals surface area contributed by atoms with Crippen LogP contribution in [0.15, 0.2) is 0 Å². The third-order valence-corrected chi connectivity index (χ3v) is 2.98. The van der Waals surface area contributed by atoms with E-state index in [0.29, 0.717) is 17.1 Å². The van der Waals surface area contributed by atoms with Gasteiger partial charge in [0.25, 0.3) is 0 Å². The van der Waals surface area contributed by atoms with Gasteiger partial charge in [0.05, 0.1) is 12.8 Å². The first kappa shape index (κ1) is 14.9. The predicted octanol–water partition coefficient (Wildman–Crippen LogP) is 1.57. The molecular weight excluding hydrogens is 244 g/mol. The molecule has 0 radical (unpaired) electrons. The molecule has 1 atom stereocenters. The molecule has 0 aliphatic heterocycles. The van der Waals surface area contributed by atoms with Crippen molar-refractivity contribution >= 4 is 11.8 Å². The van der Waals surface area contributed by atoms with Crippen LogP contribution in [0.25, 0.3) is 0 Å². The fourth-order valence-corrected chi connectivity index (χ4v) is 1.62. The summed E-state index contributed by atoms with van der Waals surface area (Å²) in [5.74, 6) is -0.0731. The smallest absolute Gasteiger partial charge is 0.328 e. The number of anilines is 1. The minimum Gasteiger partial charge on any atom is -0.467 e. The fourth-order valence-electron chi connectivity index (χ4n) is 1.62. The van der Waals surface area contributed by atoms with Gasteiger partial charge in [0, 0.05) is 0 Å². The number of methoxy groups -OCH3 is 1. The van der Waals surface area contributed by atoms with Crippen molar-refractivity contribution in [2.45, 2.75) is 33.7 Å². The van der Waals surface area contributed by atoms with Crippen molar-refractivity contribution in [3.8, 4) is 6.07 Å². The Morgan fingerprint density at radius 2 is 2.00 bits per heavy atom. The number of carbonyl (C=O) groups is 1. The first-order valence-electron chi connectivity index (χ1n) is 6.00. The lowest BCUT2D eigenvalue weighted by Crippen LogP contribution is -2.36. The number of hydrogen-bond acceptors (Lipinski definition) is 6. The maximum atomic E-state index is 11.7. The zero-order valence-corrected chi connectivity index (χ0v) is 11.8. The molecule has 6 heteroatoms. The summed E-state index contributed by atoms with van der Waals surface area (Å²) < 4.78 is 4.74. The molecule has 1 aromatic rings. The summed E-state index contributed by atoms with van der Waals surface area (Å²) in [6.07, 6.45) is 0. The summed E-state index contributed by atoms with van der Waals surface area (Å²) in [6, 6.07) is 1.53. The minimum atomic E-state index is -0.562. The van der Waals surface area contributed by atoms with Gasteiger partial charge in [-0.25, -0.2) is 4.79 Å². The summed E-state index contributed by atoms with van der Waals surface area (Å²) in [5.41, 5.74) is 1.86. The van der Waals surface area contributed by atoms with E-state index in [0.717, 1.165) is 5.56 Å². The Labute approximate surface area is 112 Å². The van der Waals surface area contributed by atoms with E-state index < -0.39 is 6.04 Å². The molecule has 102 valence electrons. The van der Waals surface area contributed by atoms with Gasteiger partial charge in [0.15, 0.2) is 5.82 Å². The van der Waals surface area contributed by atoms with E-state index >= 15 is 0 Å². The second-order valence-electron chi connectivity index (χ2n) is 4.64. The number of nitrogens with zero attached hydrogens (tertiary/aromatic N) is 3. The zero-order valence-electron chi connectivity index (χ0n) is 11.8. The molecule has 0 spiro atoms. The highest BCUT2D eigenvalue weighted by atomic mass is 16.5. The molecule has 1 heterocycles. The summed E-state index contributed by atoms with van der Waals surface area (Å²) in [5, 5.41) is 20.1. The Balaban J connectivity index is 3.14. The second kappa shape index (κ2) is 6.14. The quantitative estimate of drug-likeness (QED) is 0.829. The summed E-state index contributed by atoms with van der Waals surface area (Å²) >= 11 is 0. The van der Waals surface area contributed by atoms with Crippen molar-refractivity contribution in [2.75, 3.05) is 12.4 Å². The van der Waals surface area contributed by atoms with Crippen LogP contribution in [0, 0.1) is 31.1 Å². The normalized spacial score (nSPS) is 11.8. The third kappa shape index (κ3) is 3.19. The molecule has 0 amide bonds. The van der Waals surface area contributed by atoms with Crippen molar-refractivity contribution in [1.29, 1.82) is 5.26 Å². The lowest BCUT2D eigenvalue weighted by Gasteiger charge is -2.21. The molecule has 1 rings (SSSR count). The lowest BCUT2D eigenvalue weighted by molar-refractivity contribution is -0.142. The summed E-state index contributed by atoms with van der Waals surface area (Å²) in [6.45, 7) is 7.35. The van der Waals surface area contributed by atoms with Crippen molar-refractivity contribution in [3.05, 3.63) is 16.8 Å². The van der Waals surface area contributed by atoms with Crippen LogP contribution in [0.5, 0.6) is 0 Å². The largest absolute Gasteiger partial charge is 0.467 e. The number of nitrogens with one attached hydrogen (secondary N) is 1. The van der Waals surface area contributed by atoms with Crippen LogP contribution in [0.1, 0.15) is 30.7 Å². The number of carbonyl (C=O) groups excluding carboxylic acids is 1. The molecule has 0 bridgehead atoms. The number of rotatable bonds is 4. The molecule has 1 unspecified atom stereocenters. The highest BCUT2D eigenvalue weighted by Crippen LogP contribution is 2.19. The van der Waals surface area contributed by atoms with Gasteiger partial charge in [-0.2, -0.15) is 10.4 Å². The Bertz CT molecular complexity index is 520. The van der Waals surface area contributed by atoms with Crippen molar-refractivity contribution in [3.63, 3.8) is 0 Å². The molecule has 6 nitrogen and oxygen atoms in total. The number of aryl methyl sites for hydroxylation is 1. The van der Waals surface area contributed by atoms with Gasteiger partial charge in [0.2, 0.25) is 0 Å². The topological polar surface area (TPSA) is 87.9 Å². The molecule has 0 aromatic carbocycles. The second-order valence-corrected chi connectivity index (χ2v) is 4.64. The van der Waals surface area contributed by atoms with E-state index in [1.807, 2.05) is 13.8 Å². The van der Waals surface area contributed by atoms with Crippen LogP contribution in [0.2, 0.25) is 0 Å². The van der Waals surface area contributed by atoms with Gasteiger partial charge < -0.3 is 10.1 Å². The predicted molar refractivity (Wildman–Crippen MR) is 70.5 cm³/mol. The van der Waals surface area contributed by atoms with Gasteiger partial charge in [0.1, 0.15) is 17.7 Å². The molecule has 0 fully saturated rings. The number of aromatic nitrogens is 2. The first-order chi connectivity index (χ1) is 8.92. The van der Waals surface area contributed by atoms with Gasteiger partial charge in [-0.05, 0) is 25.3 Å². The Kier molecular flexibility index (Phi) is 4.81. The minimum absolute atomic E-state index is 0.00222. The highest BCUT2D eigenvalue weighted by molar-refractivity contribution is 5.79. The first-order valence-corrected chi connectivity index (χ1v) is 6.00. The van der Waals surface area contributed by atoms with E-state index in [1.165, 1.54) is 7.11 Å². The van der Waals surface area contributed by atoms with E-state index in [-0.39, 0.29) is 11.9 Å². The standard InChI is InChI=1S/C13H18N4O2/c1-7(2)11(13(18)19-5)15-12-10(6-14)8(3)9(4)16-17-12/h7,11H,1-5H3,(H,15,17). The van der Waals surface area contributed by atoms with Crippen LogP contribution < -0.4 is 5.32 Å². The Morgan fingerprint density at radius 1 is 1.37 bits per heavy atom. The van der Waals surface area contributed by atoms with Crippen molar-refractivity contribution < 1.29 is 9.53 Å². The zero-order chi connectivity index (χ0) is 14.6. The maximum absolute atomic E-state index is 11.7. The lowest BCUT2D eigenvalue weighted by atomic mass is 10.0. The average molecular weight is 262 g/mol. The third-order valence-electron chi connectivity index (χ3n) is 2.98. The number of esters is 1. The van der Waals surface area contributed by atoms with E-state index in [1.54, 1.807) is 13.8 Å². The number of hydrogen-bond donors (Lipinski definition) is 1. The molecule has 0 aliphatic carbocycles. The van der Waals surface area contributed by atoms with Gasteiger partial charge >= 0.3 is 5.97 Å². The summed E-state index contributed by atoms with van der Waals surface area (Å²) in [7, 11) is 1.33. The van der Waals surface area contributed by atoms with E-state index in [9.17, 15) is 10.1 Å². The van der Waals surface area contributed by atoms with Crippen LogP contribution in [-0.2, 0) is 9.53 Å². The Hall–Kier alpha value is -2.16. The molecule has 19 heavy (non-hydrogen) atoms. The maximum Gasteiger partial charge on any atom is 0.328 e. The summed E-state index contributed by atoms with van der Waals surface area (Å²) in [4.78, 5) is 11.7. The van der Waals surface area contributed by atoms with E-state index in [2.05, 4.69) is 21.6 Å². The SMILES string of the molecule is COC(=O)C(Nc1nnc(C)c(C)c1C#N)C(C)C. The van der Waals surface area contributed by atoms with Crippen LogP contribution >= 0.6 is 0 Å². The van der Waals surface area contributed by atoms with Crippen LogP contribution in [-0.4, -0.2) is 29.3 Å². The molecule has 0 saturated heterocycles. The van der Waals surface area contributed by atoms with Crippen molar-refractivity contribution in [1.82, 2.24) is 10.2 Å². The monoisotopic (exact) mass is 262 g/mol.